The number of nitrogens with one attached hydrogen (secondary N) is 1. The Morgan fingerprint density at radius 3 is 2.81 bits per heavy atom. The van der Waals surface area contributed by atoms with Crippen molar-refractivity contribution >= 4 is 11.6 Å². The van der Waals surface area contributed by atoms with Crippen LogP contribution in [0.25, 0.3) is 0 Å². The molecule has 3 atom stereocenters. The molecular formula is C17H24N2O2. The fourth-order valence-corrected chi connectivity index (χ4v) is 3.53. The lowest BCUT2D eigenvalue weighted by Crippen LogP contribution is -2.45. The van der Waals surface area contributed by atoms with Crippen molar-refractivity contribution in [3.05, 3.63) is 29.8 Å². The molecule has 0 aromatic heterocycles. The minimum absolute atomic E-state index is 0.0163. The second kappa shape index (κ2) is 6.16. The lowest BCUT2D eigenvalue weighted by atomic mass is 9.94. The average Bonchev–Trinajstić information content (AvgIpc) is 2.70. The highest BCUT2D eigenvalue weighted by Crippen LogP contribution is 2.34. The van der Waals surface area contributed by atoms with Crippen LogP contribution in [-0.4, -0.2) is 30.2 Å². The number of para-hydroxylation sites is 1. The Bertz CT molecular complexity index is 517. The lowest BCUT2D eigenvalue weighted by Gasteiger charge is -2.35. The molecule has 114 valence electrons. The smallest absolute Gasteiger partial charge is 0.228 e. The van der Waals surface area contributed by atoms with E-state index in [1.165, 1.54) is 6.42 Å². The van der Waals surface area contributed by atoms with Gasteiger partial charge in [-0.25, -0.2) is 0 Å². The maximum absolute atomic E-state index is 12.2. The van der Waals surface area contributed by atoms with Crippen LogP contribution >= 0.6 is 0 Å². The van der Waals surface area contributed by atoms with Gasteiger partial charge in [-0.2, -0.15) is 0 Å². The molecule has 3 unspecified atom stereocenters. The largest absolute Gasteiger partial charge is 0.392 e. The minimum atomic E-state index is -0.297. The van der Waals surface area contributed by atoms with Crippen LogP contribution in [0.4, 0.5) is 5.69 Å². The lowest BCUT2D eigenvalue weighted by molar-refractivity contribution is -0.119. The van der Waals surface area contributed by atoms with Crippen molar-refractivity contribution in [3.8, 4) is 0 Å². The van der Waals surface area contributed by atoms with Gasteiger partial charge in [-0.3, -0.25) is 4.79 Å². The van der Waals surface area contributed by atoms with E-state index in [0.717, 1.165) is 36.9 Å². The number of amides is 1. The molecule has 1 saturated carbocycles. The molecule has 4 nitrogen and oxygen atoms in total. The molecule has 0 spiro atoms. The van der Waals surface area contributed by atoms with Crippen LogP contribution in [0.2, 0.25) is 0 Å². The second-order valence-electron chi connectivity index (χ2n) is 6.25. The number of benzene rings is 1. The molecule has 0 radical (unpaired) electrons. The summed E-state index contributed by atoms with van der Waals surface area (Å²) in [5, 5.41) is 13.8. The van der Waals surface area contributed by atoms with Crippen LogP contribution in [0.15, 0.2) is 24.3 Å². The molecule has 1 aliphatic heterocycles. The van der Waals surface area contributed by atoms with E-state index >= 15 is 0 Å². The zero-order valence-electron chi connectivity index (χ0n) is 12.6. The van der Waals surface area contributed by atoms with Gasteiger partial charge >= 0.3 is 0 Å². The van der Waals surface area contributed by atoms with E-state index in [9.17, 15) is 9.90 Å². The van der Waals surface area contributed by atoms with Crippen LogP contribution in [0.5, 0.6) is 0 Å². The van der Waals surface area contributed by atoms with E-state index in [4.69, 9.17) is 0 Å². The third-order valence-electron chi connectivity index (χ3n) is 4.82. The summed E-state index contributed by atoms with van der Waals surface area (Å²) in [6, 6.07) is 8.17. The Labute approximate surface area is 126 Å². The van der Waals surface area contributed by atoms with Crippen LogP contribution < -0.4 is 10.2 Å². The second-order valence-corrected chi connectivity index (χ2v) is 6.25. The van der Waals surface area contributed by atoms with Gasteiger partial charge in [0.2, 0.25) is 5.91 Å². The van der Waals surface area contributed by atoms with Gasteiger partial charge in [-0.1, -0.05) is 37.5 Å². The van der Waals surface area contributed by atoms with Crippen molar-refractivity contribution in [2.24, 2.45) is 0 Å². The number of aliphatic hydroxyl groups is 1. The molecule has 1 fully saturated rings. The van der Waals surface area contributed by atoms with E-state index in [2.05, 4.69) is 11.4 Å². The average molecular weight is 288 g/mol. The first-order valence-electron chi connectivity index (χ1n) is 7.96. The number of anilines is 1. The number of hydrogen-bond acceptors (Lipinski definition) is 3. The van der Waals surface area contributed by atoms with Crippen molar-refractivity contribution in [2.75, 3.05) is 11.9 Å². The number of fused-ring (bicyclic) bond motifs is 1. The normalized spacial score (nSPS) is 29.9. The predicted molar refractivity (Wildman–Crippen MR) is 83.2 cm³/mol. The van der Waals surface area contributed by atoms with Crippen LogP contribution in [0.3, 0.4) is 0 Å². The Hall–Kier alpha value is -1.39. The zero-order chi connectivity index (χ0) is 14.8. The van der Waals surface area contributed by atoms with Gasteiger partial charge in [0.15, 0.2) is 0 Å². The Kier molecular flexibility index (Phi) is 4.27. The van der Waals surface area contributed by atoms with Gasteiger partial charge in [-0.15, -0.1) is 0 Å². The Balaban J connectivity index is 1.82. The summed E-state index contributed by atoms with van der Waals surface area (Å²) in [6.45, 7) is 0. The third kappa shape index (κ3) is 2.97. The van der Waals surface area contributed by atoms with Gasteiger partial charge < -0.3 is 15.3 Å². The summed E-state index contributed by atoms with van der Waals surface area (Å²) in [6.07, 6.45) is 5.46. The minimum Gasteiger partial charge on any atom is -0.392 e. The summed E-state index contributed by atoms with van der Waals surface area (Å²) in [5.74, 6) is 0.134. The molecule has 1 aliphatic carbocycles. The maximum atomic E-state index is 12.2. The first-order chi connectivity index (χ1) is 10.2. The molecule has 1 aromatic rings. The fraction of sp³-hybridized carbons (Fsp3) is 0.588. The highest BCUT2D eigenvalue weighted by molar-refractivity contribution is 5.96. The fourth-order valence-electron chi connectivity index (χ4n) is 3.53. The van der Waals surface area contributed by atoms with Gasteiger partial charge in [0.1, 0.15) is 0 Å². The summed E-state index contributed by atoms with van der Waals surface area (Å²) in [4.78, 5) is 13.9. The molecule has 2 N–H and O–H groups in total. The molecule has 2 aliphatic rings. The van der Waals surface area contributed by atoms with Crippen LogP contribution in [0, 0.1) is 0 Å². The van der Waals surface area contributed by atoms with Crippen LogP contribution in [0.1, 0.15) is 50.1 Å². The monoisotopic (exact) mass is 288 g/mol. The topological polar surface area (TPSA) is 52.6 Å². The summed E-state index contributed by atoms with van der Waals surface area (Å²) < 4.78 is 0. The number of carbonyl (C=O) groups excluding carboxylic acids is 1. The molecule has 4 heteroatoms. The van der Waals surface area contributed by atoms with Crippen molar-refractivity contribution in [2.45, 2.75) is 56.7 Å². The third-order valence-corrected chi connectivity index (χ3v) is 4.82. The zero-order valence-corrected chi connectivity index (χ0v) is 12.6. The van der Waals surface area contributed by atoms with E-state index < -0.39 is 0 Å². The number of nitrogens with zero attached hydrogens (tertiary/aromatic N) is 1. The number of hydrogen-bond donors (Lipinski definition) is 2. The number of carbonyl (C=O) groups is 1. The number of aliphatic hydroxyl groups excluding tert-OH is 1. The first-order valence-corrected chi connectivity index (χ1v) is 7.96. The first kappa shape index (κ1) is 14.5. The van der Waals surface area contributed by atoms with E-state index in [0.29, 0.717) is 6.42 Å². The van der Waals surface area contributed by atoms with Crippen LogP contribution in [-0.2, 0) is 4.79 Å². The molecule has 1 aromatic carbocycles. The SMILES string of the molecule is CN1C(=O)CC(NC2CCCCCC2O)c2ccccc21. The highest BCUT2D eigenvalue weighted by Gasteiger charge is 2.32. The van der Waals surface area contributed by atoms with E-state index in [-0.39, 0.29) is 24.1 Å². The maximum Gasteiger partial charge on any atom is 0.228 e. The summed E-state index contributed by atoms with van der Waals surface area (Å²) >= 11 is 0. The van der Waals surface area contributed by atoms with Crippen molar-refractivity contribution < 1.29 is 9.90 Å². The quantitative estimate of drug-likeness (QED) is 0.822. The van der Waals surface area contributed by atoms with Gasteiger partial charge in [0.25, 0.3) is 0 Å². The number of rotatable bonds is 2. The van der Waals surface area contributed by atoms with Gasteiger partial charge in [0.05, 0.1) is 6.10 Å². The van der Waals surface area contributed by atoms with Crippen molar-refractivity contribution in [1.82, 2.24) is 5.32 Å². The molecule has 1 heterocycles. The molecular weight excluding hydrogens is 264 g/mol. The molecule has 3 rings (SSSR count). The molecule has 21 heavy (non-hydrogen) atoms. The van der Waals surface area contributed by atoms with Gasteiger partial charge in [0, 0.05) is 31.2 Å². The Morgan fingerprint density at radius 2 is 1.95 bits per heavy atom. The highest BCUT2D eigenvalue weighted by atomic mass is 16.3. The van der Waals surface area contributed by atoms with E-state index in [1.807, 2.05) is 25.2 Å². The molecule has 1 amide bonds. The molecule has 0 bridgehead atoms. The van der Waals surface area contributed by atoms with Crippen molar-refractivity contribution in [3.63, 3.8) is 0 Å². The van der Waals surface area contributed by atoms with Crippen molar-refractivity contribution in [1.29, 1.82) is 0 Å². The molecule has 0 saturated heterocycles. The summed E-state index contributed by atoms with van der Waals surface area (Å²) in [5.41, 5.74) is 2.14. The predicted octanol–water partition coefficient (Wildman–Crippen LogP) is 2.38. The standard InChI is InChI=1S/C17H24N2O2/c1-19-15-9-6-5-7-12(15)14(11-17(19)21)18-13-8-3-2-4-10-16(13)20/h5-7,9,13-14,16,18,20H,2-4,8,10-11H2,1H3. The summed E-state index contributed by atoms with van der Waals surface area (Å²) in [7, 11) is 1.83. The Morgan fingerprint density at radius 1 is 1.19 bits per heavy atom. The van der Waals surface area contributed by atoms with E-state index in [1.54, 1.807) is 4.90 Å². The van der Waals surface area contributed by atoms with Gasteiger partial charge in [-0.05, 0) is 24.5 Å².